The van der Waals surface area contributed by atoms with E-state index in [1.165, 1.54) is 44.5 Å². The zero-order valence-corrected chi connectivity index (χ0v) is 26.8. The molecule has 0 spiro atoms. The fraction of sp³-hybridized carbons (Fsp3) is 0.0909. The third kappa shape index (κ3) is 5.78. The van der Waals surface area contributed by atoms with Crippen LogP contribution in [0.2, 0.25) is 0 Å². The van der Waals surface area contributed by atoms with Crippen molar-refractivity contribution in [2.75, 3.05) is 0 Å². The maximum atomic E-state index is 5.47. The summed E-state index contributed by atoms with van der Waals surface area (Å²) in [4.78, 5) is 10.9. The summed E-state index contributed by atoms with van der Waals surface area (Å²) in [6, 6.07) is 51.6. The topological polar surface area (TPSA) is 25.8 Å². The molecule has 6 aromatic carbocycles. The first-order valence-electron chi connectivity index (χ1n) is 15.8. The second-order valence-electron chi connectivity index (χ2n) is 12.1. The lowest BCUT2D eigenvalue weighted by Crippen LogP contribution is -2.01. The SMILES string of the molecule is Cc1ccc(C)c(-c2ccc(-c3nc(-c4ccc(-c5cc(C)ccc5C)cc4)c(-c4ccccc4)nc3-c3ccccc3)cc2)c1. The van der Waals surface area contributed by atoms with Gasteiger partial charge in [0.2, 0.25) is 0 Å². The molecule has 7 aromatic rings. The lowest BCUT2D eigenvalue weighted by molar-refractivity contribution is 1.21. The van der Waals surface area contributed by atoms with E-state index in [0.717, 1.165) is 45.0 Å². The highest BCUT2D eigenvalue weighted by atomic mass is 14.9. The van der Waals surface area contributed by atoms with E-state index in [2.05, 4.69) is 161 Å². The Hall–Kier alpha value is -5.60. The van der Waals surface area contributed by atoms with E-state index >= 15 is 0 Å². The molecule has 1 heterocycles. The highest BCUT2D eigenvalue weighted by Crippen LogP contribution is 2.38. The van der Waals surface area contributed by atoms with Crippen molar-refractivity contribution in [3.63, 3.8) is 0 Å². The molecule has 0 bridgehead atoms. The van der Waals surface area contributed by atoms with Gasteiger partial charge in [0.05, 0.1) is 22.8 Å². The molecule has 0 radical (unpaired) electrons. The van der Waals surface area contributed by atoms with Crippen molar-refractivity contribution in [2.45, 2.75) is 27.7 Å². The molecule has 0 N–H and O–H groups in total. The highest BCUT2D eigenvalue weighted by molar-refractivity contribution is 5.87. The van der Waals surface area contributed by atoms with Crippen LogP contribution in [0.1, 0.15) is 22.3 Å². The van der Waals surface area contributed by atoms with Gasteiger partial charge in [-0.3, -0.25) is 0 Å². The van der Waals surface area contributed by atoms with Crippen molar-refractivity contribution in [1.29, 1.82) is 0 Å². The Morgan fingerprint density at radius 1 is 0.304 bits per heavy atom. The molecule has 0 saturated heterocycles. The second kappa shape index (κ2) is 12.4. The van der Waals surface area contributed by atoms with Gasteiger partial charge in [-0.2, -0.15) is 0 Å². The van der Waals surface area contributed by atoms with Crippen LogP contribution < -0.4 is 0 Å². The molecular formula is C44H36N2. The van der Waals surface area contributed by atoms with Gasteiger partial charge in [0.15, 0.2) is 0 Å². The van der Waals surface area contributed by atoms with E-state index < -0.39 is 0 Å². The van der Waals surface area contributed by atoms with E-state index in [9.17, 15) is 0 Å². The number of aryl methyl sites for hydroxylation is 4. The molecule has 0 aliphatic carbocycles. The molecule has 0 atom stereocenters. The maximum Gasteiger partial charge on any atom is 0.0973 e. The molecular weight excluding hydrogens is 556 g/mol. The van der Waals surface area contributed by atoms with E-state index in [1.807, 2.05) is 12.1 Å². The molecule has 1 aromatic heterocycles. The molecule has 0 saturated carbocycles. The van der Waals surface area contributed by atoms with Gasteiger partial charge in [0, 0.05) is 22.3 Å². The summed E-state index contributed by atoms with van der Waals surface area (Å²) in [6.45, 7) is 8.62. The van der Waals surface area contributed by atoms with Crippen LogP contribution in [0, 0.1) is 27.7 Å². The molecule has 0 aliphatic heterocycles. The summed E-state index contributed by atoms with van der Waals surface area (Å²) in [5, 5.41) is 0. The Balaban J connectivity index is 1.41. The summed E-state index contributed by atoms with van der Waals surface area (Å²) in [5.74, 6) is 0. The molecule has 7 rings (SSSR count). The minimum absolute atomic E-state index is 0.868. The van der Waals surface area contributed by atoms with Crippen LogP contribution in [0.3, 0.4) is 0 Å². The molecule has 2 heteroatoms. The number of aromatic nitrogens is 2. The Kier molecular flexibility index (Phi) is 7.86. The van der Waals surface area contributed by atoms with Crippen LogP contribution in [0.25, 0.3) is 67.3 Å². The molecule has 2 nitrogen and oxygen atoms in total. The molecule has 0 amide bonds. The Labute approximate surface area is 272 Å². The average molecular weight is 593 g/mol. The number of hydrogen-bond donors (Lipinski definition) is 0. The van der Waals surface area contributed by atoms with Crippen LogP contribution in [-0.4, -0.2) is 9.97 Å². The van der Waals surface area contributed by atoms with Crippen LogP contribution in [-0.2, 0) is 0 Å². The van der Waals surface area contributed by atoms with Crippen LogP contribution >= 0.6 is 0 Å². The first-order chi connectivity index (χ1) is 22.4. The summed E-state index contributed by atoms with van der Waals surface area (Å²) in [7, 11) is 0. The summed E-state index contributed by atoms with van der Waals surface area (Å²) in [6.07, 6.45) is 0. The van der Waals surface area contributed by atoms with Gasteiger partial charge in [0.1, 0.15) is 0 Å². The lowest BCUT2D eigenvalue weighted by atomic mass is 9.95. The van der Waals surface area contributed by atoms with Crippen LogP contribution in [0.15, 0.2) is 146 Å². The summed E-state index contributed by atoms with van der Waals surface area (Å²) in [5.41, 5.74) is 17.6. The van der Waals surface area contributed by atoms with Crippen molar-refractivity contribution >= 4 is 0 Å². The first kappa shape index (κ1) is 29.1. The van der Waals surface area contributed by atoms with Crippen LogP contribution in [0.4, 0.5) is 0 Å². The minimum Gasteiger partial charge on any atom is -0.243 e. The van der Waals surface area contributed by atoms with Crippen molar-refractivity contribution in [2.24, 2.45) is 0 Å². The van der Waals surface area contributed by atoms with Crippen molar-refractivity contribution in [1.82, 2.24) is 9.97 Å². The average Bonchev–Trinajstić information content (AvgIpc) is 3.11. The molecule has 222 valence electrons. The second-order valence-corrected chi connectivity index (χ2v) is 12.1. The maximum absolute atomic E-state index is 5.47. The van der Waals surface area contributed by atoms with Gasteiger partial charge >= 0.3 is 0 Å². The van der Waals surface area contributed by atoms with Gasteiger partial charge < -0.3 is 0 Å². The van der Waals surface area contributed by atoms with Gasteiger partial charge in [-0.15, -0.1) is 0 Å². The lowest BCUT2D eigenvalue weighted by Gasteiger charge is -2.17. The van der Waals surface area contributed by atoms with Crippen molar-refractivity contribution in [3.05, 3.63) is 168 Å². The molecule has 46 heavy (non-hydrogen) atoms. The number of nitrogens with zero attached hydrogens (tertiary/aromatic N) is 2. The van der Waals surface area contributed by atoms with E-state index in [-0.39, 0.29) is 0 Å². The standard InChI is InChI=1S/C44H36N2/c1-29-15-17-31(3)39(27-29)33-19-23-37(24-20-33)43-41(35-11-7-5-8-12-35)45-42(36-13-9-6-10-14-36)44(46-43)38-25-21-34(22-26-38)40-28-30(2)16-18-32(40)4/h5-28H,1-4H3. The number of benzene rings is 6. The van der Waals surface area contributed by atoms with Gasteiger partial charge in [-0.25, -0.2) is 9.97 Å². The molecule has 0 fully saturated rings. The van der Waals surface area contributed by atoms with Gasteiger partial charge in [-0.05, 0) is 61.1 Å². The van der Waals surface area contributed by atoms with E-state index in [4.69, 9.17) is 9.97 Å². The smallest absolute Gasteiger partial charge is 0.0973 e. The number of hydrogen-bond acceptors (Lipinski definition) is 2. The minimum atomic E-state index is 0.868. The molecule has 0 aliphatic rings. The van der Waals surface area contributed by atoms with E-state index in [1.54, 1.807) is 0 Å². The Morgan fingerprint density at radius 2 is 0.609 bits per heavy atom. The Morgan fingerprint density at radius 3 is 0.957 bits per heavy atom. The Bertz CT molecular complexity index is 1990. The molecule has 0 unspecified atom stereocenters. The third-order valence-corrected chi connectivity index (χ3v) is 8.72. The third-order valence-electron chi connectivity index (χ3n) is 8.72. The normalized spacial score (nSPS) is 11.0. The van der Waals surface area contributed by atoms with Crippen molar-refractivity contribution in [3.8, 4) is 67.3 Å². The fourth-order valence-corrected chi connectivity index (χ4v) is 6.14. The van der Waals surface area contributed by atoms with E-state index in [0.29, 0.717) is 0 Å². The largest absolute Gasteiger partial charge is 0.243 e. The van der Waals surface area contributed by atoms with Gasteiger partial charge in [-0.1, -0.05) is 157 Å². The predicted octanol–water partition coefficient (Wildman–Crippen LogP) is 11.7. The first-order valence-corrected chi connectivity index (χ1v) is 15.8. The quantitative estimate of drug-likeness (QED) is 0.192. The van der Waals surface area contributed by atoms with Crippen LogP contribution in [0.5, 0.6) is 0 Å². The highest BCUT2D eigenvalue weighted by Gasteiger charge is 2.20. The summed E-state index contributed by atoms with van der Waals surface area (Å²) >= 11 is 0. The predicted molar refractivity (Wildman–Crippen MR) is 194 cm³/mol. The zero-order chi connectivity index (χ0) is 31.6. The fourth-order valence-electron chi connectivity index (χ4n) is 6.14. The monoisotopic (exact) mass is 592 g/mol. The summed E-state index contributed by atoms with van der Waals surface area (Å²) < 4.78 is 0. The van der Waals surface area contributed by atoms with Crippen molar-refractivity contribution < 1.29 is 0 Å². The number of rotatable bonds is 6. The van der Waals surface area contributed by atoms with Gasteiger partial charge in [0.25, 0.3) is 0 Å². The zero-order valence-electron chi connectivity index (χ0n) is 26.8.